The number of aliphatic hydroxyl groups is 1. The Balaban J connectivity index is 2.56. The maximum atomic E-state index is 9.39. The summed E-state index contributed by atoms with van der Waals surface area (Å²) in [5.41, 5.74) is 3.68. The lowest BCUT2D eigenvalue weighted by Crippen LogP contribution is -2.21. The van der Waals surface area contributed by atoms with Crippen molar-refractivity contribution in [2.75, 3.05) is 17.7 Å². The van der Waals surface area contributed by atoms with Crippen LogP contribution in [0.15, 0.2) is 18.2 Å². The molecule has 0 heterocycles. The molecule has 3 heteroatoms. The topological polar surface area (TPSA) is 32.3 Å². The lowest BCUT2D eigenvalue weighted by molar-refractivity contribution is 0.211. The fourth-order valence-electron chi connectivity index (χ4n) is 1.74. The molecule has 96 valence electrons. The van der Waals surface area contributed by atoms with Gasteiger partial charge in [0, 0.05) is 12.2 Å². The molecular formula is C14H22ClNO. The minimum Gasteiger partial charge on any atom is -0.390 e. The molecule has 1 unspecified atom stereocenters. The Morgan fingerprint density at radius 2 is 2.18 bits per heavy atom. The molecule has 1 aromatic rings. The van der Waals surface area contributed by atoms with Gasteiger partial charge in [0.2, 0.25) is 0 Å². The Kier molecular flexibility index (Phi) is 6.38. The monoisotopic (exact) mass is 255 g/mol. The number of anilines is 1. The smallest absolute Gasteiger partial charge is 0.0847 e. The zero-order chi connectivity index (χ0) is 12.7. The van der Waals surface area contributed by atoms with Crippen molar-refractivity contribution in [3.05, 3.63) is 29.3 Å². The molecule has 1 aromatic carbocycles. The molecule has 0 aliphatic rings. The second-order valence-electron chi connectivity index (χ2n) is 4.44. The standard InChI is InChI=1S/C14H22ClNO/c1-3-4-5-12-6-7-14(11(2)8-12)16-10-13(17)9-15/h6-8,13,16-17H,3-5,9-10H2,1-2H3. The second kappa shape index (κ2) is 7.57. The predicted molar refractivity (Wildman–Crippen MR) is 75.0 cm³/mol. The maximum absolute atomic E-state index is 9.39. The lowest BCUT2D eigenvalue weighted by Gasteiger charge is -2.13. The van der Waals surface area contributed by atoms with E-state index in [0.29, 0.717) is 6.54 Å². The predicted octanol–water partition coefficient (Wildman–Crippen LogP) is 3.35. The summed E-state index contributed by atoms with van der Waals surface area (Å²) >= 11 is 5.55. The Hall–Kier alpha value is -0.730. The summed E-state index contributed by atoms with van der Waals surface area (Å²) in [6, 6.07) is 6.45. The SMILES string of the molecule is CCCCc1ccc(NCC(O)CCl)c(C)c1. The van der Waals surface area contributed by atoms with E-state index in [1.54, 1.807) is 0 Å². The molecule has 0 saturated carbocycles. The van der Waals surface area contributed by atoms with Gasteiger partial charge in [-0.25, -0.2) is 0 Å². The highest BCUT2D eigenvalue weighted by molar-refractivity contribution is 6.18. The van der Waals surface area contributed by atoms with Gasteiger partial charge in [-0.15, -0.1) is 11.6 Å². The molecule has 2 nitrogen and oxygen atoms in total. The first kappa shape index (κ1) is 14.3. The molecule has 0 radical (unpaired) electrons. The van der Waals surface area contributed by atoms with Crippen molar-refractivity contribution in [1.82, 2.24) is 0 Å². The molecule has 0 amide bonds. The third kappa shape index (κ3) is 4.97. The van der Waals surface area contributed by atoms with Crippen LogP contribution in [-0.4, -0.2) is 23.6 Å². The summed E-state index contributed by atoms with van der Waals surface area (Å²) in [5.74, 6) is 0.265. The third-order valence-electron chi connectivity index (χ3n) is 2.82. The maximum Gasteiger partial charge on any atom is 0.0847 e. The fraction of sp³-hybridized carbons (Fsp3) is 0.571. The number of unbranched alkanes of at least 4 members (excludes halogenated alkanes) is 1. The molecule has 0 aliphatic heterocycles. The van der Waals surface area contributed by atoms with Crippen LogP contribution in [-0.2, 0) is 6.42 Å². The number of hydrogen-bond donors (Lipinski definition) is 2. The van der Waals surface area contributed by atoms with Gasteiger partial charge < -0.3 is 10.4 Å². The Morgan fingerprint density at radius 3 is 2.76 bits per heavy atom. The van der Waals surface area contributed by atoms with Crippen molar-refractivity contribution in [2.24, 2.45) is 0 Å². The minimum absolute atomic E-state index is 0.265. The summed E-state index contributed by atoms with van der Waals surface area (Å²) in [6.45, 7) is 4.79. The summed E-state index contributed by atoms with van der Waals surface area (Å²) in [4.78, 5) is 0. The van der Waals surface area contributed by atoms with E-state index in [1.165, 1.54) is 24.0 Å². The first-order valence-electron chi connectivity index (χ1n) is 6.24. The van der Waals surface area contributed by atoms with Crippen LogP contribution in [0.1, 0.15) is 30.9 Å². The van der Waals surface area contributed by atoms with Gasteiger partial charge >= 0.3 is 0 Å². The molecule has 0 spiro atoms. The number of rotatable bonds is 7. The minimum atomic E-state index is -0.490. The van der Waals surface area contributed by atoms with Crippen molar-refractivity contribution in [3.8, 4) is 0 Å². The lowest BCUT2D eigenvalue weighted by atomic mass is 10.0. The van der Waals surface area contributed by atoms with Gasteiger partial charge in [0.05, 0.1) is 12.0 Å². The number of aliphatic hydroxyl groups excluding tert-OH is 1. The molecule has 1 rings (SSSR count). The molecule has 0 aromatic heterocycles. The van der Waals surface area contributed by atoms with E-state index in [1.807, 2.05) is 0 Å². The largest absolute Gasteiger partial charge is 0.390 e. The summed E-state index contributed by atoms with van der Waals surface area (Å²) in [6.07, 6.45) is 3.11. The number of aryl methyl sites for hydroxylation is 2. The van der Waals surface area contributed by atoms with E-state index in [9.17, 15) is 5.11 Å². The highest BCUT2D eigenvalue weighted by atomic mass is 35.5. The van der Waals surface area contributed by atoms with Crippen molar-refractivity contribution >= 4 is 17.3 Å². The van der Waals surface area contributed by atoms with E-state index < -0.39 is 6.10 Å². The molecule has 0 bridgehead atoms. The third-order valence-corrected chi connectivity index (χ3v) is 3.17. The number of alkyl halides is 1. The molecule has 17 heavy (non-hydrogen) atoms. The van der Waals surface area contributed by atoms with Crippen molar-refractivity contribution in [2.45, 2.75) is 39.2 Å². The number of hydrogen-bond acceptors (Lipinski definition) is 2. The Labute approximate surface area is 109 Å². The normalized spacial score (nSPS) is 12.5. The molecule has 0 aliphatic carbocycles. The van der Waals surface area contributed by atoms with E-state index in [0.717, 1.165) is 12.1 Å². The summed E-state index contributed by atoms with van der Waals surface area (Å²) in [7, 11) is 0. The van der Waals surface area contributed by atoms with Crippen LogP contribution in [0, 0.1) is 6.92 Å². The van der Waals surface area contributed by atoms with E-state index in [2.05, 4.69) is 37.4 Å². The zero-order valence-electron chi connectivity index (χ0n) is 10.7. The first-order valence-corrected chi connectivity index (χ1v) is 6.78. The van der Waals surface area contributed by atoms with Crippen LogP contribution in [0.5, 0.6) is 0 Å². The van der Waals surface area contributed by atoms with E-state index in [4.69, 9.17) is 11.6 Å². The van der Waals surface area contributed by atoms with Crippen LogP contribution >= 0.6 is 11.6 Å². The quantitative estimate of drug-likeness (QED) is 0.733. The van der Waals surface area contributed by atoms with Crippen LogP contribution in [0.2, 0.25) is 0 Å². The second-order valence-corrected chi connectivity index (χ2v) is 4.75. The van der Waals surface area contributed by atoms with E-state index >= 15 is 0 Å². The van der Waals surface area contributed by atoms with Gasteiger partial charge in [0.1, 0.15) is 0 Å². The van der Waals surface area contributed by atoms with Gasteiger partial charge in [-0.1, -0.05) is 25.5 Å². The molecule has 0 fully saturated rings. The average Bonchev–Trinajstić information content (AvgIpc) is 2.34. The summed E-state index contributed by atoms with van der Waals surface area (Å²) < 4.78 is 0. The Morgan fingerprint density at radius 1 is 1.41 bits per heavy atom. The highest BCUT2D eigenvalue weighted by Crippen LogP contribution is 2.17. The van der Waals surface area contributed by atoms with Gasteiger partial charge in [0.25, 0.3) is 0 Å². The van der Waals surface area contributed by atoms with Crippen molar-refractivity contribution in [3.63, 3.8) is 0 Å². The van der Waals surface area contributed by atoms with Crippen LogP contribution < -0.4 is 5.32 Å². The van der Waals surface area contributed by atoms with Gasteiger partial charge in [0.15, 0.2) is 0 Å². The number of halogens is 1. The summed E-state index contributed by atoms with van der Waals surface area (Å²) in [5, 5.41) is 12.6. The van der Waals surface area contributed by atoms with Crippen LogP contribution in [0.3, 0.4) is 0 Å². The molecule has 2 N–H and O–H groups in total. The fourth-order valence-corrected chi connectivity index (χ4v) is 1.85. The van der Waals surface area contributed by atoms with Crippen LogP contribution in [0.4, 0.5) is 5.69 Å². The molecular weight excluding hydrogens is 234 g/mol. The van der Waals surface area contributed by atoms with Crippen molar-refractivity contribution < 1.29 is 5.11 Å². The van der Waals surface area contributed by atoms with Gasteiger partial charge in [-0.05, 0) is 37.0 Å². The van der Waals surface area contributed by atoms with Crippen LogP contribution in [0.25, 0.3) is 0 Å². The van der Waals surface area contributed by atoms with Gasteiger partial charge in [-0.3, -0.25) is 0 Å². The highest BCUT2D eigenvalue weighted by Gasteiger charge is 2.04. The number of nitrogens with one attached hydrogen (secondary N) is 1. The number of benzene rings is 1. The zero-order valence-corrected chi connectivity index (χ0v) is 11.4. The Bertz CT molecular complexity index is 341. The van der Waals surface area contributed by atoms with Gasteiger partial charge in [-0.2, -0.15) is 0 Å². The first-order chi connectivity index (χ1) is 8.17. The molecule has 0 saturated heterocycles. The average molecular weight is 256 g/mol. The van der Waals surface area contributed by atoms with Crippen molar-refractivity contribution in [1.29, 1.82) is 0 Å². The molecule has 1 atom stereocenters. The van der Waals surface area contributed by atoms with E-state index in [-0.39, 0.29) is 5.88 Å².